The molecule has 1 aromatic heterocycles. The fourth-order valence-corrected chi connectivity index (χ4v) is 1.66. The minimum atomic E-state index is -0.167. The van der Waals surface area contributed by atoms with E-state index in [0.29, 0.717) is 5.82 Å². The zero-order chi connectivity index (χ0) is 13.7. The summed E-state index contributed by atoms with van der Waals surface area (Å²) in [6, 6.07) is 8.79. The van der Waals surface area contributed by atoms with Gasteiger partial charge in [-0.05, 0) is 17.7 Å². The summed E-state index contributed by atoms with van der Waals surface area (Å²) < 4.78 is 5.05. The van der Waals surface area contributed by atoms with Gasteiger partial charge in [-0.25, -0.2) is 9.97 Å². The van der Waals surface area contributed by atoms with Crippen LogP contribution in [0.3, 0.4) is 0 Å². The lowest BCUT2D eigenvalue weighted by molar-refractivity contribution is -0.115. The van der Waals surface area contributed by atoms with E-state index < -0.39 is 0 Å². The molecule has 1 amide bonds. The highest BCUT2D eigenvalue weighted by Gasteiger charge is 2.05. The van der Waals surface area contributed by atoms with E-state index in [1.54, 1.807) is 7.11 Å². The summed E-state index contributed by atoms with van der Waals surface area (Å²) in [5, 5.41) is 2.94. The Kier molecular flexibility index (Phi) is 4.30. The number of aromatic nitrogens is 2. The van der Waals surface area contributed by atoms with Gasteiger partial charge in [-0.3, -0.25) is 4.79 Å². The third kappa shape index (κ3) is 3.93. The molecule has 1 heterocycles. The summed E-state index contributed by atoms with van der Waals surface area (Å²) in [6.07, 6.45) is 1.55. The van der Waals surface area contributed by atoms with Crippen LogP contribution in [-0.4, -0.2) is 23.0 Å². The van der Waals surface area contributed by atoms with Crippen molar-refractivity contribution in [3.8, 4) is 5.75 Å². The van der Waals surface area contributed by atoms with E-state index in [2.05, 4.69) is 15.3 Å². The smallest absolute Gasteiger partial charge is 0.229 e. The predicted molar refractivity (Wildman–Crippen MR) is 72.4 cm³/mol. The van der Waals surface area contributed by atoms with Crippen LogP contribution in [0.15, 0.2) is 36.7 Å². The molecule has 0 radical (unpaired) electrons. The van der Waals surface area contributed by atoms with E-state index in [0.717, 1.165) is 11.3 Å². The molecule has 2 rings (SSSR count). The van der Waals surface area contributed by atoms with Crippen molar-refractivity contribution in [3.05, 3.63) is 47.4 Å². The molecule has 0 spiro atoms. The number of benzene rings is 1. The van der Waals surface area contributed by atoms with Gasteiger partial charge in [0.2, 0.25) is 5.91 Å². The SMILES string of the molecule is COc1ccc(CC(=O)Nc2cc(Cl)ncn2)cc1. The van der Waals surface area contributed by atoms with E-state index in [1.165, 1.54) is 12.4 Å². The van der Waals surface area contributed by atoms with E-state index in [4.69, 9.17) is 16.3 Å². The highest BCUT2D eigenvalue weighted by atomic mass is 35.5. The van der Waals surface area contributed by atoms with Gasteiger partial charge in [-0.2, -0.15) is 0 Å². The Balaban J connectivity index is 1.97. The molecular formula is C13H12ClN3O2. The van der Waals surface area contributed by atoms with Crippen LogP contribution in [0.4, 0.5) is 5.82 Å². The Bertz CT molecular complexity index is 572. The number of anilines is 1. The number of hydrogen-bond donors (Lipinski definition) is 1. The van der Waals surface area contributed by atoms with Crippen LogP contribution in [0.2, 0.25) is 5.15 Å². The summed E-state index contributed by atoms with van der Waals surface area (Å²) in [6.45, 7) is 0. The highest BCUT2D eigenvalue weighted by Crippen LogP contribution is 2.13. The Hall–Kier alpha value is -2.14. The van der Waals surface area contributed by atoms with Crippen LogP contribution in [0.5, 0.6) is 5.75 Å². The van der Waals surface area contributed by atoms with E-state index in [9.17, 15) is 4.79 Å². The number of hydrogen-bond acceptors (Lipinski definition) is 4. The lowest BCUT2D eigenvalue weighted by atomic mass is 10.1. The van der Waals surface area contributed by atoms with Gasteiger partial charge >= 0.3 is 0 Å². The molecule has 0 aliphatic rings. The maximum atomic E-state index is 11.8. The first-order valence-electron chi connectivity index (χ1n) is 5.57. The molecule has 1 N–H and O–H groups in total. The molecule has 6 heteroatoms. The van der Waals surface area contributed by atoms with Crippen molar-refractivity contribution in [2.75, 3.05) is 12.4 Å². The zero-order valence-corrected chi connectivity index (χ0v) is 11.0. The largest absolute Gasteiger partial charge is 0.497 e. The lowest BCUT2D eigenvalue weighted by Crippen LogP contribution is -2.15. The molecule has 0 unspecified atom stereocenters. The molecule has 0 aliphatic heterocycles. The monoisotopic (exact) mass is 277 g/mol. The summed E-state index contributed by atoms with van der Waals surface area (Å²) in [5.41, 5.74) is 0.887. The number of nitrogens with zero attached hydrogens (tertiary/aromatic N) is 2. The minimum absolute atomic E-state index is 0.167. The van der Waals surface area contributed by atoms with Crippen LogP contribution in [0.1, 0.15) is 5.56 Å². The number of halogens is 1. The van der Waals surface area contributed by atoms with Gasteiger partial charge in [0.25, 0.3) is 0 Å². The highest BCUT2D eigenvalue weighted by molar-refractivity contribution is 6.29. The Labute approximate surface area is 115 Å². The molecule has 0 bridgehead atoms. The van der Waals surface area contributed by atoms with Gasteiger partial charge in [0.15, 0.2) is 0 Å². The zero-order valence-electron chi connectivity index (χ0n) is 10.3. The molecule has 19 heavy (non-hydrogen) atoms. The molecule has 5 nitrogen and oxygen atoms in total. The van der Waals surface area contributed by atoms with Gasteiger partial charge in [-0.15, -0.1) is 0 Å². The van der Waals surface area contributed by atoms with Crippen molar-refractivity contribution >= 4 is 23.3 Å². The second kappa shape index (κ2) is 6.15. The first kappa shape index (κ1) is 13.3. The van der Waals surface area contributed by atoms with E-state index in [1.807, 2.05) is 24.3 Å². The Morgan fingerprint density at radius 3 is 2.68 bits per heavy atom. The number of methoxy groups -OCH3 is 1. The maximum absolute atomic E-state index is 11.8. The third-order valence-corrected chi connectivity index (χ3v) is 2.63. The van der Waals surface area contributed by atoms with Crippen molar-refractivity contribution in [1.82, 2.24) is 9.97 Å². The molecule has 2 aromatic rings. The molecule has 0 saturated heterocycles. The topological polar surface area (TPSA) is 64.1 Å². The van der Waals surface area contributed by atoms with Crippen LogP contribution in [-0.2, 0) is 11.2 Å². The second-order valence-corrected chi connectivity index (χ2v) is 4.19. The fourth-order valence-electron chi connectivity index (χ4n) is 1.52. The summed E-state index contributed by atoms with van der Waals surface area (Å²) in [4.78, 5) is 19.4. The quantitative estimate of drug-likeness (QED) is 0.871. The average molecular weight is 278 g/mol. The molecule has 0 aliphatic carbocycles. The van der Waals surface area contributed by atoms with Crippen molar-refractivity contribution in [1.29, 1.82) is 0 Å². The van der Waals surface area contributed by atoms with Gasteiger partial charge in [0, 0.05) is 6.07 Å². The van der Waals surface area contributed by atoms with Gasteiger partial charge in [-0.1, -0.05) is 23.7 Å². The number of ether oxygens (including phenoxy) is 1. The summed E-state index contributed by atoms with van der Waals surface area (Å²) >= 11 is 5.71. The minimum Gasteiger partial charge on any atom is -0.497 e. The van der Waals surface area contributed by atoms with Crippen LogP contribution < -0.4 is 10.1 Å². The first-order valence-corrected chi connectivity index (χ1v) is 5.95. The molecule has 1 aromatic carbocycles. The normalized spacial score (nSPS) is 10.0. The Morgan fingerprint density at radius 2 is 2.05 bits per heavy atom. The summed E-state index contributed by atoms with van der Waals surface area (Å²) in [7, 11) is 1.60. The maximum Gasteiger partial charge on any atom is 0.229 e. The number of nitrogens with one attached hydrogen (secondary N) is 1. The first-order chi connectivity index (χ1) is 9.17. The Morgan fingerprint density at radius 1 is 1.32 bits per heavy atom. The van der Waals surface area contributed by atoms with Crippen molar-refractivity contribution < 1.29 is 9.53 Å². The van der Waals surface area contributed by atoms with E-state index in [-0.39, 0.29) is 17.5 Å². The molecule has 0 atom stereocenters. The number of rotatable bonds is 4. The van der Waals surface area contributed by atoms with Gasteiger partial charge < -0.3 is 10.1 Å². The fraction of sp³-hybridized carbons (Fsp3) is 0.154. The summed E-state index contributed by atoms with van der Waals surface area (Å²) in [5.74, 6) is 0.977. The van der Waals surface area contributed by atoms with Crippen molar-refractivity contribution in [2.24, 2.45) is 0 Å². The third-order valence-electron chi connectivity index (χ3n) is 2.42. The number of carbonyl (C=O) groups is 1. The number of carbonyl (C=O) groups excluding carboxylic acids is 1. The standard InChI is InChI=1S/C13H12ClN3O2/c1-19-10-4-2-9(3-5-10)6-13(18)17-12-7-11(14)15-8-16-12/h2-5,7-8H,6H2,1H3,(H,15,16,17,18). The van der Waals surface area contributed by atoms with Gasteiger partial charge in [0.1, 0.15) is 23.0 Å². The molecule has 0 saturated carbocycles. The second-order valence-electron chi connectivity index (χ2n) is 3.80. The van der Waals surface area contributed by atoms with E-state index >= 15 is 0 Å². The average Bonchev–Trinajstić information content (AvgIpc) is 2.39. The van der Waals surface area contributed by atoms with Gasteiger partial charge in [0.05, 0.1) is 13.5 Å². The van der Waals surface area contributed by atoms with Crippen molar-refractivity contribution in [2.45, 2.75) is 6.42 Å². The molecule has 98 valence electrons. The molecular weight excluding hydrogens is 266 g/mol. The number of amides is 1. The van der Waals surface area contributed by atoms with Crippen LogP contribution in [0.25, 0.3) is 0 Å². The van der Waals surface area contributed by atoms with Crippen LogP contribution >= 0.6 is 11.6 Å². The van der Waals surface area contributed by atoms with Crippen LogP contribution in [0, 0.1) is 0 Å². The lowest BCUT2D eigenvalue weighted by Gasteiger charge is -2.05. The molecule has 0 fully saturated rings. The predicted octanol–water partition coefficient (Wildman–Crippen LogP) is 2.32. The van der Waals surface area contributed by atoms with Crippen molar-refractivity contribution in [3.63, 3.8) is 0 Å².